The first-order valence-corrected chi connectivity index (χ1v) is 10.6. The molecule has 22 heavy (non-hydrogen) atoms. The van der Waals surface area contributed by atoms with E-state index in [1.807, 2.05) is 12.3 Å². The average molecular weight is 345 g/mol. The number of nitrogens with zero attached hydrogens (tertiary/aromatic N) is 1. The predicted molar refractivity (Wildman–Crippen MR) is 87.5 cm³/mol. The normalized spacial score (nSPS) is 25.4. The van der Waals surface area contributed by atoms with E-state index in [9.17, 15) is 8.42 Å². The van der Waals surface area contributed by atoms with Crippen LogP contribution in [0.2, 0.25) is 0 Å². The van der Waals surface area contributed by atoms with Gasteiger partial charge in [0.15, 0.2) is 0 Å². The molecule has 1 aromatic heterocycles. The van der Waals surface area contributed by atoms with Gasteiger partial charge in [0.05, 0.1) is 17.4 Å². The molecule has 0 spiro atoms. The van der Waals surface area contributed by atoms with Gasteiger partial charge >= 0.3 is 0 Å². The smallest absolute Gasteiger partial charge is 0.215 e. The Morgan fingerprint density at radius 1 is 1.36 bits per heavy atom. The largest absolute Gasteiger partial charge is 0.377 e. The van der Waals surface area contributed by atoms with Crippen LogP contribution in [-0.4, -0.2) is 31.9 Å². The van der Waals surface area contributed by atoms with E-state index in [0.717, 1.165) is 55.6 Å². The Labute approximate surface area is 136 Å². The summed E-state index contributed by atoms with van der Waals surface area (Å²) in [6.45, 7) is 2.63. The fourth-order valence-electron chi connectivity index (χ4n) is 3.43. The van der Waals surface area contributed by atoms with E-state index in [1.54, 1.807) is 11.3 Å². The Kier molecular flexibility index (Phi) is 4.87. The summed E-state index contributed by atoms with van der Waals surface area (Å²) in [5.74, 6) is 0.0686. The fraction of sp³-hybridized carbons (Fsp3) is 0.800. The molecule has 2 fully saturated rings. The molecule has 0 amide bonds. The Morgan fingerprint density at radius 3 is 2.73 bits per heavy atom. The second-order valence-corrected chi connectivity index (χ2v) is 9.08. The molecule has 2 aliphatic rings. The van der Waals surface area contributed by atoms with Crippen molar-refractivity contribution in [2.75, 3.05) is 12.4 Å². The molecule has 1 atom stereocenters. The molecule has 1 saturated carbocycles. The summed E-state index contributed by atoms with van der Waals surface area (Å²) in [6.07, 6.45) is 6.52. The highest BCUT2D eigenvalue weighted by molar-refractivity contribution is 7.89. The summed E-state index contributed by atoms with van der Waals surface area (Å²) in [6, 6.07) is 0. The van der Waals surface area contributed by atoms with Crippen LogP contribution in [0.15, 0.2) is 5.38 Å². The lowest BCUT2D eigenvalue weighted by Gasteiger charge is -2.29. The number of ether oxygens (including phenoxy) is 1. The maximum Gasteiger partial charge on any atom is 0.215 e. The second-order valence-electron chi connectivity index (χ2n) is 6.46. The van der Waals surface area contributed by atoms with E-state index in [4.69, 9.17) is 4.74 Å². The SMILES string of the molecule is Cc1csc(C2(NS(=O)(=O)C[C@@H]3CCCCO3)CCCC2)n1. The van der Waals surface area contributed by atoms with Crippen LogP contribution in [0.3, 0.4) is 0 Å². The highest BCUT2D eigenvalue weighted by Crippen LogP contribution is 2.40. The van der Waals surface area contributed by atoms with Crippen molar-refractivity contribution in [2.24, 2.45) is 0 Å². The summed E-state index contributed by atoms with van der Waals surface area (Å²) >= 11 is 1.56. The van der Waals surface area contributed by atoms with Crippen molar-refractivity contribution < 1.29 is 13.2 Å². The van der Waals surface area contributed by atoms with Crippen LogP contribution in [0, 0.1) is 6.92 Å². The zero-order valence-corrected chi connectivity index (χ0v) is 14.6. The summed E-state index contributed by atoms with van der Waals surface area (Å²) < 4.78 is 33.8. The Bertz CT molecular complexity index is 600. The number of rotatable bonds is 5. The van der Waals surface area contributed by atoms with Gasteiger partial charge in [-0.15, -0.1) is 11.3 Å². The van der Waals surface area contributed by atoms with Crippen LogP contribution in [0.1, 0.15) is 55.6 Å². The minimum atomic E-state index is -3.37. The van der Waals surface area contributed by atoms with E-state index in [2.05, 4.69) is 9.71 Å². The number of hydrogen-bond acceptors (Lipinski definition) is 5. The topological polar surface area (TPSA) is 68.3 Å². The monoisotopic (exact) mass is 344 g/mol. The minimum Gasteiger partial charge on any atom is -0.377 e. The van der Waals surface area contributed by atoms with Crippen molar-refractivity contribution in [2.45, 2.75) is 63.5 Å². The minimum absolute atomic E-state index is 0.0686. The van der Waals surface area contributed by atoms with Crippen LogP contribution >= 0.6 is 11.3 Å². The van der Waals surface area contributed by atoms with Gasteiger partial charge in [0, 0.05) is 17.7 Å². The molecule has 124 valence electrons. The van der Waals surface area contributed by atoms with Crippen LogP contribution in [-0.2, 0) is 20.3 Å². The molecule has 0 unspecified atom stereocenters. The molecule has 1 aliphatic carbocycles. The second kappa shape index (κ2) is 6.55. The Hall–Kier alpha value is -0.500. The zero-order chi connectivity index (χ0) is 15.6. The zero-order valence-electron chi connectivity index (χ0n) is 13.0. The third-order valence-electron chi connectivity index (χ3n) is 4.52. The molecule has 0 aromatic carbocycles. The number of aryl methyl sites for hydroxylation is 1. The molecule has 1 aliphatic heterocycles. The van der Waals surface area contributed by atoms with Gasteiger partial charge in [-0.2, -0.15) is 0 Å². The number of thiazole rings is 1. The molecule has 7 heteroatoms. The highest BCUT2D eigenvalue weighted by Gasteiger charge is 2.42. The van der Waals surface area contributed by atoms with E-state index in [1.165, 1.54) is 0 Å². The number of aromatic nitrogens is 1. The van der Waals surface area contributed by atoms with Crippen molar-refractivity contribution in [3.63, 3.8) is 0 Å². The van der Waals surface area contributed by atoms with E-state index >= 15 is 0 Å². The van der Waals surface area contributed by atoms with Crippen molar-refractivity contribution in [3.8, 4) is 0 Å². The maximum atomic E-state index is 12.6. The van der Waals surface area contributed by atoms with Crippen molar-refractivity contribution >= 4 is 21.4 Å². The van der Waals surface area contributed by atoms with Crippen molar-refractivity contribution in [3.05, 3.63) is 16.1 Å². The van der Waals surface area contributed by atoms with Crippen molar-refractivity contribution in [1.82, 2.24) is 9.71 Å². The summed E-state index contributed by atoms with van der Waals surface area (Å²) in [4.78, 5) is 4.56. The highest BCUT2D eigenvalue weighted by atomic mass is 32.2. The predicted octanol–water partition coefficient (Wildman–Crippen LogP) is 2.71. The molecule has 0 radical (unpaired) electrons. The molecule has 5 nitrogen and oxygen atoms in total. The summed E-state index contributed by atoms with van der Waals surface area (Å²) in [5, 5.41) is 2.91. The van der Waals surface area contributed by atoms with Gasteiger partial charge in [0.1, 0.15) is 5.01 Å². The molecule has 3 rings (SSSR count). The molecular weight excluding hydrogens is 320 g/mol. The lowest BCUT2D eigenvalue weighted by Crippen LogP contribution is -2.46. The number of sulfonamides is 1. The average Bonchev–Trinajstić information content (AvgIpc) is 3.09. The van der Waals surface area contributed by atoms with Crippen LogP contribution in [0.4, 0.5) is 0 Å². The quantitative estimate of drug-likeness (QED) is 0.892. The first kappa shape index (κ1) is 16.4. The van der Waals surface area contributed by atoms with Crippen LogP contribution in [0.5, 0.6) is 0 Å². The molecule has 0 bridgehead atoms. The molecule has 2 heterocycles. The molecule has 1 N–H and O–H groups in total. The summed E-state index contributed by atoms with van der Waals surface area (Å²) in [7, 11) is -3.37. The third kappa shape index (κ3) is 3.69. The van der Waals surface area contributed by atoms with E-state index in [-0.39, 0.29) is 11.9 Å². The van der Waals surface area contributed by atoms with Gasteiger partial charge in [-0.25, -0.2) is 18.1 Å². The van der Waals surface area contributed by atoms with Gasteiger partial charge in [0.25, 0.3) is 0 Å². The summed E-state index contributed by atoms with van der Waals surface area (Å²) in [5.41, 5.74) is 0.466. The maximum absolute atomic E-state index is 12.6. The molecule has 1 saturated heterocycles. The van der Waals surface area contributed by atoms with Gasteiger partial charge in [-0.05, 0) is 39.0 Å². The Balaban J connectivity index is 1.75. The van der Waals surface area contributed by atoms with E-state index in [0.29, 0.717) is 6.61 Å². The standard InChI is InChI=1S/C15H24N2O3S2/c1-12-10-21-14(16-12)15(7-3-4-8-15)17-22(18,19)11-13-6-2-5-9-20-13/h10,13,17H,2-9,11H2,1H3/t13-/m0/s1. The van der Waals surface area contributed by atoms with Gasteiger partial charge in [0.2, 0.25) is 10.0 Å². The van der Waals surface area contributed by atoms with E-state index < -0.39 is 15.6 Å². The Morgan fingerprint density at radius 2 is 2.14 bits per heavy atom. The first-order valence-electron chi connectivity index (χ1n) is 8.05. The van der Waals surface area contributed by atoms with Gasteiger partial charge in [-0.3, -0.25) is 0 Å². The lowest BCUT2D eigenvalue weighted by atomic mass is 10.0. The fourth-order valence-corrected chi connectivity index (χ4v) is 6.24. The molecular formula is C15H24N2O3S2. The van der Waals surface area contributed by atoms with Crippen LogP contribution in [0.25, 0.3) is 0 Å². The van der Waals surface area contributed by atoms with Crippen LogP contribution < -0.4 is 4.72 Å². The first-order chi connectivity index (χ1) is 10.5. The number of nitrogens with one attached hydrogen (secondary N) is 1. The molecule has 1 aromatic rings. The van der Waals surface area contributed by atoms with Crippen molar-refractivity contribution in [1.29, 1.82) is 0 Å². The third-order valence-corrected chi connectivity index (χ3v) is 7.19. The number of hydrogen-bond donors (Lipinski definition) is 1. The van der Waals surface area contributed by atoms with Gasteiger partial charge < -0.3 is 4.74 Å². The van der Waals surface area contributed by atoms with Gasteiger partial charge in [-0.1, -0.05) is 12.8 Å². The lowest BCUT2D eigenvalue weighted by molar-refractivity contribution is 0.0303.